The number of halogens is 1. The number of carbonyl (C=O) groups is 1. The number of pyridine rings is 1. The second kappa shape index (κ2) is 6.54. The molecule has 8 heteroatoms. The zero-order valence-electron chi connectivity index (χ0n) is 15.6. The summed E-state index contributed by atoms with van der Waals surface area (Å²) < 4.78 is 15.7. The van der Waals surface area contributed by atoms with Crippen LogP contribution in [0, 0.1) is 5.82 Å². The van der Waals surface area contributed by atoms with Gasteiger partial charge >= 0.3 is 0 Å². The van der Waals surface area contributed by atoms with Crippen molar-refractivity contribution in [3.05, 3.63) is 53.5 Å². The highest BCUT2D eigenvalue weighted by Crippen LogP contribution is 2.37. The summed E-state index contributed by atoms with van der Waals surface area (Å²) in [5.41, 5.74) is 3.57. The summed E-state index contributed by atoms with van der Waals surface area (Å²) >= 11 is 0. The van der Waals surface area contributed by atoms with Crippen molar-refractivity contribution in [1.82, 2.24) is 24.9 Å². The molecule has 0 spiro atoms. The first-order valence-electron chi connectivity index (χ1n) is 9.66. The van der Waals surface area contributed by atoms with Gasteiger partial charge < -0.3 is 10.2 Å². The van der Waals surface area contributed by atoms with Crippen molar-refractivity contribution >= 4 is 17.2 Å². The monoisotopic (exact) mass is 380 g/mol. The zero-order chi connectivity index (χ0) is 19.3. The Labute approximate surface area is 161 Å². The Hall–Kier alpha value is -3.03. The molecule has 3 aromatic rings. The van der Waals surface area contributed by atoms with E-state index >= 15 is 0 Å². The maximum Gasteiger partial charge on any atom is 0.256 e. The van der Waals surface area contributed by atoms with Gasteiger partial charge in [-0.2, -0.15) is 5.10 Å². The maximum atomic E-state index is 14.0. The number of nitrogens with one attached hydrogen (secondary N) is 1. The smallest absolute Gasteiger partial charge is 0.256 e. The molecule has 2 aliphatic rings. The van der Waals surface area contributed by atoms with E-state index in [4.69, 9.17) is 4.98 Å². The van der Waals surface area contributed by atoms with Gasteiger partial charge in [-0.1, -0.05) is 0 Å². The van der Waals surface area contributed by atoms with Crippen molar-refractivity contribution in [3.8, 4) is 0 Å². The first kappa shape index (κ1) is 17.1. The third-order valence-electron chi connectivity index (χ3n) is 5.64. The van der Waals surface area contributed by atoms with Crippen molar-refractivity contribution < 1.29 is 9.18 Å². The fourth-order valence-corrected chi connectivity index (χ4v) is 4.22. The normalized spacial score (nSPS) is 22.2. The third-order valence-corrected chi connectivity index (χ3v) is 5.64. The van der Waals surface area contributed by atoms with Gasteiger partial charge in [0.15, 0.2) is 5.65 Å². The average Bonchev–Trinajstić information content (AvgIpc) is 3.32. The lowest BCUT2D eigenvalue weighted by molar-refractivity contribution is 0.0940. The average molecular weight is 380 g/mol. The molecule has 3 aromatic heterocycles. The minimum atomic E-state index is -0.337. The lowest BCUT2D eigenvalue weighted by Gasteiger charge is -2.28. The fraction of sp³-hybridized carbons (Fsp3) is 0.400. The van der Waals surface area contributed by atoms with Crippen molar-refractivity contribution in [2.24, 2.45) is 0 Å². The number of nitrogens with zero attached hydrogens (tertiary/aromatic N) is 5. The largest absolute Gasteiger partial charge is 0.361 e. The van der Waals surface area contributed by atoms with E-state index in [1.807, 2.05) is 19.2 Å². The Morgan fingerprint density at radius 3 is 3.07 bits per heavy atom. The second-order valence-electron chi connectivity index (χ2n) is 7.56. The Morgan fingerprint density at radius 1 is 1.29 bits per heavy atom. The Kier molecular flexibility index (Phi) is 3.99. The quantitative estimate of drug-likeness (QED) is 0.649. The van der Waals surface area contributed by atoms with E-state index in [2.05, 4.69) is 20.3 Å². The number of rotatable bonds is 0. The molecule has 5 heterocycles. The highest BCUT2D eigenvalue weighted by molar-refractivity contribution is 5.99. The van der Waals surface area contributed by atoms with Crippen LogP contribution in [0.3, 0.4) is 0 Å². The summed E-state index contributed by atoms with van der Waals surface area (Å²) in [5, 5.41) is 7.28. The lowest BCUT2D eigenvalue weighted by atomic mass is 10.1. The maximum absolute atomic E-state index is 14.0. The van der Waals surface area contributed by atoms with Gasteiger partial charge in [0.1, 0.15) is 11.4 Å². The van der Waals surface area contributed by atoms with Crippen molar-refractivity contribution in [2.75, 3.05) is 11.4 Å². The number of hydrogen-bond donors (Lipinski definition) is 1. The summed E-state index contributed by atoms with van der Waals surface area (Å²) in [6, 6.07) is 3.47. The van der Waals surface area contributed by atoms with Crippen molar-refractivity contribution in [1.29, 1.82) is 0 Å². The van der Waals surface area contributed by atoms with E-state index in [1.165, 1.54) is 6.20 Å². The molecule has 2 bridgehead atoms. The highest BCUT2D eigenvalue weighted by atomic mass is 19.1. The third kappa shape index (κ3) is 2.80. The van der Waals surface area contributed by atoms with Gasteiger partial charge in [0, 0.05) is 24.8 Å². The number of aryl methyl sites for hydroxylation is 1. The number of aromatic nitrogens is 4. The summed E-state index contributed by atoms with van der Waals surface area (Å²) in [4.78, 5) is 24.1. The van der Waals surface area contributed by atoms with Gasteiger partial charge in [0.25, 0.3) is 5.91 Å². The van der Waals surface area contributed by atoms with Gasteiger partial charge in [-0.15, -0.1) is 0 Å². The van der Waals surface area contributed by atoms with Crippen molar-refractivity contribution in [2.45, 2.75) is 44.7 Å². The number of amides is 1. The zero-order valence-corrected chi connectivity index (χ0v) is 15.6. The van der Waals surface area contributed by atoms with Crippen LogP contribution in [0.5, 0.6) is 0 Å². The van der Waals surface area contributed by atoms with Crippen LogP contribution in [0.1, 0.15) is 54.0 Å². The Morgan fingerprint density at radius 2 is 2.18 bits per heavy atom. The summed E-state index contributed by atoms with van der Waals surface area (Å²) in [5.74, 6) is -0.515. The summed E-state index contributed by atoms with van der Waals surface area (Å²) in [6.45, 7) is 2.79. The molecule has 1 N–H and O–H groups in total. The standard InChI is InChI=1S/C20H21FN6O/c1-12-4-5-15-18(9-13(21)10-22-15)26-7-2-3-17(26)16-6-8-27-19(25-16)14(11-23-27)20(28)24-12/h6,8-12,17H,2-5,7H2,1H3,(H,24,28)/t12-,17+/m1/s1. The van der Waals surface area contributed by atoms with E-state index in [9.17, 15) is 9.18 Å². The molecule has 0 unspecified atom stereocenters. The van der Waals surface area contributed by atoms with Crippen LogP contribution in [-0.4, -0.2) is 38.1 Å². The Balaban J connectivity index is 1.69. The number of anilines is 1. The van der Waals surface area contributed by atoms with Crippen LogP contribution in [0.25, 0.3) is 5.65 Å². The minimum Gasteiger partial charge on any atom is -0.361 e. The SMILES string of the molecule is C[C@@H]1CCc2ncc(F)cc2N2CCC[C@H]2c2ccn3ncc(c3n2)C(=O)N1. The van der Waals surface area contributed by atoms with Gasteiger partial charge in [-0.3, -0.25) is 9.78 Å². The molecule has 0 saturated carbocycles. The fourth-order valence-electron chi connectivity index (χ4n) is 4.22. The molecule has 1 fully saturated rings. The van der Waals surface area contributed by atoms with Crippen molar-refractivity contribution in [3.63, 3.8) is 0 Å². The van der Waals surface area contributed by atoms with Crippen LogP contribution in [0.2, 0.25) is 0 Å². The van der Waals surface area contributed by atoms with Gasteiger partial charge in [0.2, 0.25) is 0 Å². The second-order valence-corrected chi connectivity index (χ2v) is 7.56. The molecule has 1 amide bonds. The molecular weight excluding hydrogens is 359 g/mol. The van der Waals surface area contributed by atoms with Crippen LogP contribution in [0.4, 0.5) is 10.1 Å². The van der Waals surface area contributed by atoms with Crippen LogP contribution in [0.15, 0.2) is 30.7 Å². The van der Waals surface area contributed by atoms with Gasteiger partial charge in [0.05, 0.1) is 35.5 Å². The Bertz CT molecular complexity index is 1060. The number of fused-ring (bicyclic) bond motifs is 5. The first-order chi connectivity index (χ1) is 13.6. The van der Waals surface area contributed by atoms with E-state index in [-0.39, 0.29) is 23.8 Å². The van der Waals surface area contributed by atoms with Gasteiger partial charge in [-0.05, 0) is 38.7 Å². The van der Waals surface area contributed by atoms with E-state index in [0.29, 0.717) is 24.1 Å². The predicted octanol–water partition coefficient (Wildman–Crippen LogP) is 2.67. The molecular formula is C20H21FN6O. The molecule has 5 rings (SSSR count). The van der Waals surface area contributed by atoms with E-state index in [1.54, 1.807) is 16.8 Å². The minimum absolute atomic E-state index is 0.0244. The highest BCUT2D eigenvalue weighted by Gasteiger charge is 2.31. The topological polar surface area (TPSA) is 75.4 Å². The molecule has 2 aliphatic heterocycles. The van der Waals surface area contributed by atoms with Gasteiger partial charge in [-0.25, -0.2) is 13.9 Å². The molecule has 2 atom stereocenters. The predicted molar refractivity (Wildman–Crippen MR) is 102 cm³/mol. The molecule has 28 heavy (non-hydrogen) atoms. The number of carbonyl (C=O) groups excluding carboxylic acids is 1. The van der Waals surface area contributed by atoms with Crippen LogP contribution >= 0.6 is 0 Å². The molecule has 144 valence electrons. The van der Waals surface area contributed by atoms with Crippen LogP contribution < -0.4 is 10.2 Å². The molecule has 0 aromatic carbocycles. The van der Waals surface area contributed by atoms with Crippen LogP contribution in [-0.2, 0) is 6.42 Å². The van der Waals surface area contributed by atoms with E-state index in [0.717, 1.165) is 36.5 Å². The molecule has 0 radical (unpaired) electrons. The lowest BCUT2D eigenvalue weighted by Crippen LogP contribution is -2.33. The number of hydrogen-bond acceptors (Lipinski definition) is 5. The first-order valence-corrected chi connectivity index (χ1v) is 9.66. The summed E-state index contributed by atoms with van der Waals surface area (Å²) in [6.07, 6.45) is 7.96. The molecule has 7 nitrogen and oxygen atoms in total. The van der Waals surface area contributed by atoms with E-state index < -0.39 is 0 Å². The molecule has 0 aliphatic carbocycles. The summed E-state index contributed by atoms with van der Waals surface area (Å²) in [7, 11) is 0. The molecule has 1 saturated heterocycles.